The number of nitrogens with two attached hydrogens (primary N) is 1. The largest absolute Gasteiger partial charge is 0.485 e. The van der Waals surface area contributed by atoms with Crippen LogP contribution < -0.4 is 10.5 Å². The Hall–Kier alpha value is -1.81. The molecule has 2 aromatic rings. The van der Waals surface area contributed by atoms with Crippen molar-refractivity contribution in [3.8, 4) is 5.75 Å². The summed E-state index contributed by atoms with van der Waals surface area (Å²) in [6.45, 7) is 5.40. The number of benzene rings is 1. The van der Waals surface area contributed by atoms with E-state index in [2.05, 4.69) is 29.9 Å². The molecule has 1 aromatic heterocycles. The first-order chi connectivity index (χ1) is 9.20. The van der Waals surface area contributed by atoms with E-state index in [1.165, 1.54) is 5.56 Å². The van der Waals surface area contributed by atoms with Crippen molar-refractivity contribution in [2.24, 2.45) is 5.73 Å². The Balaban J connectivity index is 2.01. The fourth-order valence-corrected chi connectivity index (χ4v) is 2.00. The van der Waals surface area contributed by atoms with Crippen LogP contribution in [0.15, 0.2) is 30.5 Å². The van der Waals surface area contributed by atoms with E-state index in [1.807, 2.05) is 24.4 Å². The first-order valence-electron chi connectivity index (χ1n) is 6.65. The van der Waals surface area contributed by atoms with Crippen LogP contribution >= 0.6 is 0 Å². The second-order valence-electron chi connectivity index (χ2n) is 4.88. The number of ether oxygens (including phenoxy) is 1. The molecule has 3 N–H and O–H groups in total. The highest BCUT2D eigenvalue weighted by atomic mass is 16.5. The summed E-state index contributed by atoms with van der Waals surface area (Å²) in [5.74, 6) is 2.21. The summed E-state index contributed by atoms with van der Waals surface area (Å²) in [5.41, 5.74) is 7.78. The molecule has 0 bridgehead atoms. The average molecular weight is 259 g/mol. The van der Waals surface area contributed by atoms with Gasteiger partial charge in [0, 0.05) is 18.3 Å². The maximum atomic E-state index is 5.85. The second-order valence-corrected chi connectivity index (χ2v) is 4.88. The monoisotopic (exact) mass is 259 g/mol. The maximum Gasteiger partial charge on any atom is 0.146 e. The molecule has 102 valence electrons. The fraction of sp³-hybridized carbons (Fsp3) is 0.400. The highest BCUT2D eigenvalue weighted by Crippen LogP contribution is 2.26. The molecule has 4 nitrogen and oxygen atoms in total. The molecule has 0 radical (unpaired) electrons. The minimum absolute atomic E-state index is 0.445. The molecular formula is C15H21N3O. The molecule has 4 heteroatoms. The lowest BCUT2D eigenvalue weighted by molar-refractivity contribution is 0.293. The molecule has 1 aromatic carbocycles. The number of nitrogens with zero attached hydrogens (tertiary/aromatic N) is 1. The van der Waals surface area contributed by atoms with E-state index < -0.39 is 0 Å². The van der Waals surface area contributed by atoms with Gasteiger partial charge in [-0.25, -0.2) is 4.98 Å². The van der Waals surface area contributed by atoms with E-state index in [0.29, 0.717) is 19.1 Å². The number of imidazole rings is 1. The van der Waals surface area contributed by atoms with Gasteiger partial charge >= 0.3 is 0 Å². The molecule has 0 saturated carbocycles. The van der Waals surface area contributed by atoms with Crippen molar-refractivity contribution in [3.63, 3.8) is 0 Å². The third kappa shape index (κ3) is 3.58. The topological polar surface area (TPSA) is 63.9 Å². The van der Waals surface area contributed by atoms with Crippen LogP contribution in [0, 0.1) is 0 Å². The van der Waals surface area contributed by atoms with Crippen molar-refractivity contribution in [1.29, 1.82) is 0 Å². The van der Waals surface area contributed by atoms with Gasteiger partial charge in [0.2, 0.25) is 0 Å². The molecule has 0 atom stereocenters. The molecule has 0 unspecified atom stereocenters. The molecule has 0 aliphatic carbocycles. The lowest BCUT2D eigenvalue weighted by Gasteiger charge is -2.12. The molecule has 0 aliphatic heterocycles. The summed E-state index contributed by atoms with van der Waals surface area (Å²) in [7, 11) is 0. The number of aromatic nitrogens is 2. The van der Waals surface area contributed by atoms with Crippen LogP contribution in [0.1, 0.15) is 36.8 Å². The summed E-state index contributed by atoms with van der Waals surface area (Å²) in [4.78, 5) is 7.51. The Morgan fingerprint density at radius 1 is 1.32 bits per heavy atom. The Morgan fingerprint density at radius 3 is 2.84 bits per heavy atom. The van der Waals surface area contributed by atoms with Gasteiger partial charge in [-0.15, -0.1) is 0 Å². The predicted octanol–water partition coefficient (Wildman–Crippen LogP) is 2.61. The van der Waals surface area contributed by atoms with Crippen molar-refractivity contribution in [2.45, 2.75) is 32.8 Å². The normalized spacial score (nSPS) is 10.9. The number of rotatable bonds is 6. The van der Waals surface area contributed by atoms with E-state index in [0.717, 1.165) is 23.7 Å². The van der Waals surface area contributed by atoms with Crippen molar-refractivity contribution >= 4 is 0 Å². The average Bonchev–Trinajstić information content (AvgIpc) is 2.85. The van der Waals surface area contributed by atoms with Gasteiger partial charge in [0.15, 0.2) is 0 Å². The number of hydrogen-bond donors (Lipinski definition) is 2. The minimum Gasteiger partial charge on any atom is -0.485 e. The number of nitrogens with one attached hydrogen (secondary N) is 1. The molecular weight excluding hydrogens is 238 g/mol. The van der Waals surface area contributed by atoms with Crippen LogP contribution in [0.5, 0.6) is 5.75 Å². The van der Waals surface area contributed by atoms with Gasteiger partial charge in [-0.05, 0) is 24.1 Å². The summed E-state index contributed by atoms with van der Waals surface area (Å²) < 4.78 is 5.85. The first kappa shape index (κ1) is 13.6. The number of H-pyrrole nitrogens is 1. The molecule has 0 saturated heterocycles. The van der Waals surface area contributed by atoms with Crippen LogP contribution in [0.25, 0.3) is 0 Å². The van der Waals surface area contributed by atoms with Crippen LogP contribution in [0.4, 0.5) is 0 Å². The Bertz CT molecular complexity index is 520. The van der Waals surface area contributed by atoms with Crippen LogP contribution in [0.2, 0.25) is 0 Å². The summed E-state index contributed by atoms with van der Waals surface area (Å²) in [5, 5.41) is 0. The van der Waals surface area contributed by atoms with Gasteiger partial charge in [0.1, 0.15) is 18.2 Å². The Morgan fingerprint density at radius 2 is 2.11 bits per heavy atom. The van der Waals surface area contributed by atoms with Gasteiger partial charge < -0.3 is 15.5 Å². The van der Waals surface area contributed by atoms with Gasteiger partial charge in [0.25, 0.3) is 0 Å². The third-order valence-corrected chi connectivity index (χ3v) is 3.00. The smallest absolute Gasteiger partial charge is 0.146 e. The minimum atomic E-state index is 0.445. The number of aromatic amines is 1. The van der Waals surface area contributed by atoms with E-state index >= 15 is 0 Å². The predicted molar refractivity (Wildman–Crippen MR) is 76.2 cm³/mol. The molecule has 19 heavy (non-hydrogen) atoms. The zero-order chi connectivity index (χ0) is 13.7. The second kappa shape index (κ2) is 6.38. The fourth-order valence-electron chi connectivity index (χ4n) is 2.00. The maximum absolute atomic E-state index is 5.85. The lowest BCUT2D eigenvalue weighted by Crippen LogP contribution is -2.04. The quantitative estimate of drug-likeness (QED) is 0.838. The van der Waals surface area contributed by atoms with E-state index in [4.69, 9.17) is 10.5 Å². The summed E-state index contributed by atoms with van der Waals surface area (Å²) in [6.07, 6.45) is 2.63. The van der Waals surface area contributed by atoms with Crippen LogP contribution in [0.3, 0.4) is 0 Å². The molecule has 1 heterocycles. The Labute approximate surface area is 114 Å². The molecule has 0 aliphatic rings. The van der Waals surface area contributed by atoms with E-state index in [-0.39, 0.29) is 0 Å². The molecule has 0 fully saturated rings. The molecule has 0 amide bonds. The summed E-state index contributed by atoms with van der Waals surface area (Å²) in [6, 6.07) is 8.12. The van der Waals surface area contributed by atoms with Gasteiger partial charge in [0.05, 0.1) is 0 Å². The number of para-hydroxylation sites is 1. The zero-order valence-corrected chi connectivity index (χ0v) is 11.5. The zero-order valence-electron chi connectivity index (χ0n) is 11.5. The SMILES string of the molecule is CC(C)c1ccccc1OCc1ncc(CCN)[nH]1. The van der Waals surface area contributed by atoms with Gasteiger partial charge in [-0.1, -0.05) is 32.0 Å². The van der Waals surface area contributed by atoms with E-state index in [1.54, 1.807) is 0 Å². The van der Waals surface area contributed by atoms with Gasteiger partial charge in [-0.3, -0.25) is 0 Å². The van der Waals surface area contributed by atoms with Crippen molar-refractivity contribution in [1.82, 2.24) is 9.97 Å². The van der Waals surface area contributed by atoms with Crippen molar-refractivity contribution in [2.75, 3.05) is 6.54 Å². The van der Waals surface area contributed by atoms with Crippen molar-refractivity contribution < 1.29 is 4.74 Å². The van der Waals surface area contributed by atoms with Gasteiger partial charge in [-0.2, -0.15) is 0 Å². The van der Waals surface area contributed by atoms with Crippen molar-refractivity contribution in [3.05, 3.63) is 47.5 Å². The third-order valence-electron chi connectivity index (χ3n) is 3.00. The highest BCUT2D eigenvalue weighted by Gasteiger charge is 2.08. The Kier molecular flexibility index (Phi) is 4.58. The van der Waals surface area contributed by atoms with E-state index in [9.17, 15) is 0 Å². The molecule has 2 rings (SSSR count). The van der Waals surface area contributed by atoms with Crippen LogP contribution in [-0.2, 0) is 13.0 Å². The highest BCUT2D eigenvalue weighted by molar-refractivity contribution is 5.35. The van der Waals surface area contributed by atoms with Crippen LogP contribution in [-0.4, -0.2) is 16.5 Å². The lowest BCUT2D eigenvalue weighted by atomic mass is 10.0. The standard InChI is InChI=1S/C15H21N3O/c1-11(2)13-5-3-4-6-14(13)19-10-15-17-9-12(18-15)7-8-16/h3-6,9,11H,7-8,10,16H2,1-2H3,(H,17,18). The molecule has 0 spiro atoms. The summed E-state index contributed by atoms with van der Waals surface area (Å²) >= 11 is 0. The first-order valence-corrected chi connectivity index (χ1v) is 6.65. The number of hydrogen-bond acceptors (Lipinski definition) is 3.